The molecule has 19 heavy (non-hydrogen) atoms. The van der Waals surface area contributed by atoms with Crippen molar-refractivity contribution < 1.29 is 9.53 Å². The lowest BCUT2D eigenvalue weighted by atomic mass is 10.0. The Hall–Kier alpha value is -0.650. The molecule has 114 valence electrons. The number of hydrogen-bond donors (Lipinski definition) is 0. The van der Waals surface area contributed by atoms with Crippen LogP contribution >= 0.6 is 0 Å². The Morgan fingerprint density at radius 1 is 1.11 bits per heavy atom. The molecule has 1 atom stereocenters. The van der Waals surface area contributed by atoms with Gasteiger partial charge in [0.15, 0.2) is 0 Å². The van der Waals surface area contributed by atoms with Crippen LogP contribution in [-0.2, 0) is 9.53 Å². The fourth-order valence-electron chi connectivity index (χ4n) is 2.33. The van der Waals surface area contributed by atoms with E-state index in [-0.39, 0.29) is 5.60 Å². The Bertz CT molecular complexity index is 245. The summed E-state index contributed by atoms with van der Waals surface area (Å²) in [5.41, 5.74) is 0.168. The molecule has 2 aliphatic rings. The van der Waals surface area contributed by atoms with Crippen LogP contribution in [0.2, 0.25) is 0 Å². The van der Waals surface area contributed by atoms with Gasteiger partial charge in [-0.2, -0.15) is 0 Å². The van der Waals surface area contributed by atoms with Crippen LogP contribution in [0.5, 0.6) is 0 Å². The molecule has 0 bridgehead atoms. The summed E-state index contributed by atoms with van der Waals surface area (Å²) in [4.78, 5) is 15.6. The fraction of sp³-hybridized carbons (Fsp3) is 0.929. The first-order valence-electron chi connectivity index (χ1n) is 7.10. The van der Waals surface area contributed by atoms with E-state index in [0.29, 0.717) is 0 Å². The third-order valence-corrected chi connectivity index (χ3v) is 3.16. The second-order valence-electron chi connectivity index (χ2n) is 5.33. The Morgan fingerprint density at radius 2 is 1.58 bits per heavy atom. The number of carbonyl (C=O) groups excluding carboxylic acids is 1. The van der Waals surface area contributed by atoms with Crippen molar-refractivity contribution in [2.45, 2.75) is 25.9 Å². The molecule has 0 saturated carbocycles. The average molecular weight is 273 g/mol. The molecule has 1 spiro atoms. The molecule has 0 N–H and O–H groups in total. The van der Waals surface area contributed by atoms with Crippen LogP contribution in [0, 0.1) is 0 Å². The monoisotopic (exact) mass is 273 g/mol. The van der Waals surface area contributed by atoms with Crippen LogP contribution < -0.4 is 0 Å². The van der Waals surface area contributed by atoms with Crippen molar-refractivity contribution in [2.24, 2.45) is 0 Å². The minimum absolute atomic E-state index is 0.168. The molecule has 0 radical (unpaired) electrons. The molecule has 0 aliphatic carbocycles. The second-order valence-corrected chi connectivity index (χ2v) is 5.33. The van der Waals surface area contributed by atoms with Gasteiger partial charge in [-0.25, -0.2) is 0 Å². The minimum Gasteiger partial charge on any atom is -0.371 e. The van der Waals surface area contributed by atoms with Crippen molar-refractivity contribution in [2.75, 3.05) is 61.0 Å². The smallest absolute Gasteiger partial charge is 0.209 e. The first kappa shape index (κ1) is 18.4. The molecule has 2 rings (SSSR count). The topological polar surface area (TPSA) is 36.0 Å². The van der Waals surface area contributed by atoms with Crippen LogP contribution in [0.1, 0.15) is 20.3 Å². The van der Waals surface area contributed by atoms with Gasteiger partial charge in [-0.15, -0.1) is 0 Å². The number of rotatable bonds is 1. The van der Waals surface area contributed by atoms with Gasteiger partial charge >= 0.3 is 0 Å². The highest BCUT2D eigenvalue weighted by Crippen LogP contribution is 2.27. The first-order chi connectivity index (χ1) is 8.97. The van der Waals surface area contributed by atoms with Gasteiger partial charge in [0.2, 0.25) is 6.41 Å². The van der Waals surface area contributed by atoms with Crippen molar-refractivity contribution in [1.82, 2.24) is 14.7 Å². The molecule has 2 fully saturated rings. The molecule has 1 unspecified atom stereocenters. The largest absolute Gasteiger partial charge is 0.371 e. The van der Waals surface area contributed by atoms with Crippen molar-refractivity contribution in [1.29, 1.82) is 0 Å². The van der Waals surface area contributed by atoms with E-state index in [1.807, 2.05) is 13.8 Å². The SMILES string of the molecule is CC.CN(C)C=O.CN1CCOC2(CCN(C)C2)C1. The molecular weight excluding hydrogens is 242 g/mol. The van der Waals surface area contributed by atoms with E-state index >= 15 is 0 Å². The van der Waals surface area contributed by atoms with Gasteiger partial charge in [-0.3, -0.25) is 4.79 Å². The summed E-state index contributed by atoms with van der Waals surface area (Å²) in [6, 6.07) is 0. The normalized spacial score (nSPS) is 27.1. The van der Waals surface area contributed by atoms with Gasteiger partial charge in [0.25, 0.3) is 0 Å². The number of nitrogens with zero attached hydrogens (tertiary/aromatic N) is 3. The van der Waals surface area contributed by atoms with E-state index in [4.69, 9.17) is 4.74 Å². The number of likely N-dealkylation sites (tertiary alicyclic amines) is 1. The van der Waals surface area contributed by atoms with Crippen molar-refractivity contribution in [3.05, 3.63) is 0 Å². The maximum Gasteiger partial charge on any atom is 0.209 e. The first-order valence-corrected chi connectivity index (χ1v) is 7.10. The standard InChI is InChI=1S/C9H18N2O.C3H7NO.C2H6/c1-10-4-3-9(7-10)8-11(2)5-6-12-9;1-4(2)3-5;1-2/h3-8H2,1-2H3;3H,1-2H3;1-2H3. The maximum atomic E-state index is 9.43. The van der Waals surface area contributed by atoms with Gasteiger partial charge in [0.1, 0.15) is 0 Å². The van der Waals surface area contributed by atoms with Gasteiger partial charge in [-0.1, -0.05) is 13.8 Å². The molecule has 1 amide bonds. The molecule has 2 heterocycles. The predicted molar refractivity (Wildman–Crippen MR) is 79.4 cm³/mol. The summed E-state index contributed by atoms with van der Waals surface area (Å²) in [6.45, 7) is 9.40. The quantitative estimate of drug-likeness (QED) is 0.661. The fourth-order valence-corrected chi connectivity index (χ4v) is 2.33. The summed E-state index contributed by atoms with van der Waals surface area (Å²) < 4.78 is 5.88. The molecule has 2 aliphatic heterocycles. The minimum atomic E-state index is 0.168. The van der Waals surface area contributed by atoms with Crippen LogP contribution in [0.25, 0.3) is 0 Å². The lowest BCUT2D eigenvalue weighted by Crippen LogP contribution is -2.51. The Kier molecular flexibility index (Phi) is 8.97. The summed E-state index contributed by atoms with van der Waals surface area (Å²) in [5, 5.41) is 0. The zero-order valence-corrected chi connectivity index (χ0v) is 13.5. The highest BCUT2D eigenvalue weighted by Gasteiger charge is 2.40. The third kappa shape index (κ3) is 6.89. The van der Waals surface area contributed by atoms with Crippen molar-refractivity contribution in [3.8, 4) is 0 Å². The van der Waals surface area contributed by atoms with Crippen LogP contribution in [0.4, 0.5) is 0 Å². The Balaban J connectivity index is 0.000000396. The molecule has 5 heteroatoms. The molecular formula is C14H31N3O2. The Labute approximate surface area is 118 Å². The zero-order chi connectivity index (χ0) is 14.9. The number of carbonyl (C=O) groups is 1. The number of hydrogen-bond acceptors (Lipinski definition) is 4. The Morgan fingerprint density at radius 3 is 1.95 bits per heavy atom. The molecule has 0 aromatic carbocycles. The number of amides is 1. The van der Waals surface area contributed by atoms with Crippen molar-refractivity contribution in [3.63, 3.8) is 0 Å². The van der Waals surface area contributed by atoms with Gasteiger partial charge in [0.05, 0.1) is 12.2 Å². The maximum absolute atomic E-state index is 9.43. The van der Waals surface area contributed by atoms with E-state index in [9.17, 15) is 4.79 Å². The van der Waals surface area contributed by atoms with Crippen LogP contribution in [0.15, 0.2) is 0 Å². The molecule has 0 aromatic rings. The average Bonchev–Trinajstić information content (AvgIpc) is 2.73. The number of ether oxygens (including phenoxy) is 1. The second kappa shape index (κ2) is 9.28. The summed E-state index contributed by atoms with van der Waals surface area (Å²) in [6.07, 6.45) is 1.95. The van der Waals surface area contributed by atoms with E-state index in [2.05, 4.69) is 23.9 Å². The molecule has 2 saturated heterocycles. The summed E-state index contributed by atoms with van der Waals surface area (Å²) >= 11 is 0. The lowest BCUT2D eigenvalue weighted by Gasteiger charge is -2.38. The highest BCUT2D eigenvalue weighted by atomic mass is 16.5. The highest BCUT2D eigenvalue weighted by molar-refractivity contribution is 5.45. The van der Waals surface area contributed by atoms with Gasteiger partial charge in [-0.05, 0) is 20.5 Å². The zero-order valence-electron chi connectivity index (χ0n) is 13.5. The van der Waals surface area contributed by atoms with Crippen LogP contribution in [0.3, 0.4) is 0 Å². The van der Waals surface area contributed by atoms with Gasteiger partial charge in [0, 0.05) is 40.3 Å². The van der Waals surface area contributed by atoms with E-state index < -0.39 is 0 Å². The predicted octanol–water partition coefficient (Wildman–Crippen LogP) is 0.753. The summed E-state index contributed by atoms with van der Waals surface area (Å²) in [5.74, 6) is 0. The number of morpholine rings is 1. The molecule has 0 aromatic heterocycles. The van der Waals surface area contributed by atoms with Crippen molar-refractivity contribution >= 4 is 6.41 Å². The molecule has 5 nitrogen and oxygen atoms in total. The van der Waals surface area contributed by atoms with Crippen LogP contribution in [-0.4, -0.2) is 87.7 Å². The van der Waals surface area contributed by atoms with E-state index in [1.165, 1.54) is 17.9 Å². The number of likely N-dealkylation sites (N-methyl/N-ethyl adjacent to an activating group) is 2. The van der Waals surface area contributed by atoms with E-state index in [0.717, 1.165) is 32.7 Å². The van der Waals surface area contributed by atoms with Gasteiger partial charge < -0.3 is 19.4 Å². The summed E-state index contributed by atoms with van der Waals surface area (Å²) in [7, 11) is 7.73. The third-order valence-electron chi connectivity index (χ3n) is 3.16. The van der Waals surface area contributed by atoms with E-state index in [1.54, 1.807) is 14.1 Å². The lowest BCUT2D eigenvalue weighted by molar-refractivity contribution is -0.115.